The van der Waals surface area contributed by atoms with Crippen LogP contribution in [0.15, 0.2) is 199 Å². The number of para-hydroxylation sites is 2. The standard InChI is InChI=1S/C50H32N2O/c1-2-13-34(14-3-1)40-17-8-10-20-46(40)51(38-26-29-49-45(31-38)43-19-9-11-21-48(43)53-49)39-25-28-42-44-27-23-35-15-6-7-18-41(35)50(44)52(47(42)32-39)37-24-22-33-12-4-5-16-36(33)30-37/h1-32H. The quantitative estimate of drug-likeness (QED) is 0.181. The lowest BCUT2D eigenvalue weighted by molar-refractivity contribution is 0.669. The number of rotatable bonds is 5. The predicted molar refractivity (Wildman–Crippen MR) is 223 cm³/mol. The first-order chi connectivity index (χ1) is 26.3. The van der Waals surface area contributed by atoms with Crippen LogP contribution in [0.1, 0.15) is 0 Å². The number of benzene rings is 9. The van der Waals surface area contributed by atoms with Crippen molar-refractivity contribution in [2.24, 2.45) is 0 Å². The van der Waals surface area contributed by atoms with Crippen molar-refractivity contribution in [3.63, 3.8) is 0 Å². The molecule has 0 aliphatic carbocycles. The van der Waals surface area contributed by atoms with Gasteiger partial charge in [-0.25, -0.2) is 0 Å². The van der Waals surface area contributed by atoms with Crippen molar-refractivity contribution in [1.29, 1.82) is 0 Å². The molecule has 2 aromatic heterocycles. The maximum absolute atomic E-state index is 6.29. The van der Waals surface area contributed by atoms with Gasteiger partial charge in [-0.1, -0.05) is 140 Å². The number of hydrogen-bond acceptors (Lipinski definition) is 2. The van der Waals surface area contributed by atoms with E-state index >= 15 is 0 Å². The molecule has 0 aliphatic rings. The highest BCUT2D eigenvalue weighted by Crippen LogP contribution is 2.45. The van der Waals surface area contributed by atoms with E-state index in [2.05, 4.69) is 191 Å². The zero-order valence-corrected chi connectivity index (χ0v) is 28.8. The molecular weight excluding hydrogens is 645 g/mol. The SMILES string of the molecule is c1ccc(-c2ccccc2N(c2ccc3oc4ccccc4c3c2)c2ccc3c4ccc5ccccc5c4n(-c4ccc5ccccc5c4)c3c2)cc1. The minimum Gasteiger partial charge on any atom is -0.456 e. The van der Waals surface area contributed by atoms with Crippen LogP contribution >= 0.6 is 0 Å². The van der Waals surface area contributed by atoms with Gasteiger partial charge in [0.25, 0.3) is 0 Å². The van der Waals surface area contributed by atoms with E-state index in [9.17, 15) is 0 Å². The molecule has 0 spiro atoms. The molecule has 0 fully saturated rings. The fourth-order valence-corrected chi connectivity index (χ4v) is 8.30. The Bertz CT molecular complexity index is 3190. The molecule has 0 aliphatic heterocycles. The Morgan fingerprint density at radius 2 is 1.06 bits per heavy atom. The Hall–Kier alpha value is -7.10. The molecule has 0 bridgehead atoms. The Morgan fingerprint density at radius 1 is 0.396 bits per heavy atom. The van der Waals surface area contributed by atoms with Crippen LogP contribution in [-0.2, 0) is 0 Å². The summed E-state index contributed by atoms with van der Waals surface area (Å²) in [5.41, 5.74) is 10.8. The van der Waals surface area contributed by atoms with E-state index in [1.807, 2.05) is 12.1 Å². The minimum absolute atomic E-state index is 0.880. The van der Waals surface area contributed by atoms with Crippen LogP contribution in [0, 0.1) is 0 Å². The first-order valence-electron chi connectivity index (χ1n) is 18.1. The zero-order chi connectivity index (χ0) is 34.9. The van der Waals surface area contributed by atoms with Crippen LogP contribution in [0.5, 0.6) is 0 Å². The van der Waals surface area contributed by atoms with Gasteiger partial charge in [-0.05, 0) is 76.3 Å². The Balaban J connectivity index is 1.23. The molecule has 11 rings (SSSR count). The second-order valence-corrected chi connectivity index (χ2v) is 13.7. The number of furan rings is 1. The van der Waals surface area contributed by atoms with E-state index in [0.29, 0.717) is 0 Å². The third kappa shape index (κ3) is 4.68. The summed E-state index contributed by atoms with van der Waals surface area (Å²) in [6.45, 7) is 0. The van der Waals surface area contributed by atoms with Crippen LogP contribution in [0.4, 0.5) is 17.1 Å². The van der Waals surface area contributed by atoms with Crippen molar-refractivity contribution >= 4 is 82.4 Å². The summed E-state index contributed by atoms with van der Waals surface area (Å²) in [6.07, 6.45) is 0. The zero-order valence-electron chi connectivity index (χ0n) is 28.8. The molecule has 248 valence electrons. The van der Waals surface area contributed by atoms with Gasteiger partial charge >= 0.3 is 0 Å². The summed E-state index contributed by atoms with van der Waals surface area (Å²) in [5, 5.41) is 9.57. The number of anilines is 3. The first kappa shape index (κ1) is 29.6. The van der Waals surface area contributed by atoms with Crippen LogP contribution < -0.4 is 4.90 Å². The van der Waals surface area contributed by atoms with Gasteiger partial charge in [0.2, 0.25) is 0 Å². The van der Waals surface area contributed by atoms with E-state index in [1.54, 1.807) is 0 Å². The van der Waals surface area contributed by atoms with Crippen molar-refractivity contribution in [2.45, 2.75) is 0 Å². The van der Waals surface area contributed by atoms with Gasteiger partial charge in [0, 0.05) is 49.6 Å². The lowest BCUT2D eigenvalue weighted by atomic mass is 10.0. The normalized spacial score (nSPS) is 11.8. The highest BCUT2D eigenvalue weighted by atomic mass is 16.3. The molecule has 3 heteroatoms. The van der Waals surface area contributed by atoms with E-state index in [4.69, 9.17) is 4.42 Å². The average molecular weight is 677 g/mol. The predicted octanol–water partition coefficient (Wildman–Crippen LogP) is 14.1. The van der Waals surface area contributed by atoms with Gasteiger partial charge in [0.05, 0.1) is 16.7 Å². The highest BCUT2D eigenvalue weighted by molar-refractivity contribution is 6.19. The number of nitrogens with zero attached hydrogens (tertiary/aromatic N) is 2. The molecular formula is C50H32N2O. The smallest absolute Gasteiger partial charge is 0.135 e. The van der Waals surface area contributed by atoms with Crippen LogP contribution in [-0.4, -0.2) is 4.57 Å². The fraction of sp³-hybridized carbons (Fsp3) is 0. The number of aromatic nitrogens is 1. The fourth-order valence-electron chi connectivity index (χ4n) is 8.30. The lowest BCUT2D eigenvalue weighted by Gasteiger charge is -2.28. The third-order valence-electron chi connectivity index (χ3n) is 10.7. The van der Waals surface area contributed by atoms with Crippen molar-refractivity contribution in [2.75, 3.05) is 4.90 Å². The van der Waals surface area contributed by atoms with Gasteiger partial charge in [0.1, 0.15) is 11.2 Å². The summed E-state index contributed by atoms with van der Waals surface area (Å²) < 4.78 is 8.76. The Labute approximate surface area is 306 Å². The second-order valence-electron chi connectivity index (χ2n) is 13.7. The van der Waals surface area contributed by atoms with Crippen LogP contribution in [0.25, 0.3) is 82.1 Å². The van der Waals surface area contributed by atoms with Crippen molar-refractivity contribution in [1.82, 2.24) is 4.57 Å². The van der Waals surface area contributed by atoms with E-state index < -0.39 is 0 Å². The highest BCUT2D eigenvalue weighted by Gasteiger charge is 2.22. The molecule has 2 heterocycles. The van der Waals surface area contributed by atoms with Crippen molar-refractivity contribution in [3.8, 4) is 16.8 Å². The maximum atomic E-state index is 6.29. The summed E-state index contributed by atoms with van der Waals surface area (Å²) in [5.74, 6) is 0. The maximum Gasteiger partial charge on any atom is 0.135 e. The summed E-state index contributed by atoms with van der Waals surface area (Å²) in [6, 6.07) is 69.9. The molecule has 0 saturated carbocycles. The van der Waals surface area contributed by atoms with E-state index in [0.717, 1.165) is 55.8 Å². The van der Waals surface area contributed by atoms with E-state index in [1.165, 1.54) is 43.4 Å². The van der Waals surface area contributed by atoms with Crippen LogP contribution in [0.3, 0.4) is 0 Å². The van der Waals surface area contributed by atoms with Gasteiger partial charge in [-0.3, -0.25) is 0 Å². The van der Waals surface area contributed by atoms with Gasteiger partial charge in [-0.15, -0.1) is 0 Å². The Morgan fingerprint density at radius 3 is 1.96 bits per heavy atom. The average Bonchev–Trinajstić information content (AvgIpc) is 3.77. The molecule has 0 N–H and O–H groups in total. The Kier molecular flexibility index (Phi) is 6.55. The molecule has 3 nitrogen and oxygen atoms in total. The minimum atomic E-state index is 0.880. The molecule has 0 atom stereocenters. The molecule has 0 radical (unpaired) electrons. The summed E-state index contributed by atoms with van der Waals surface area (Å²) in [7, 11) is 0. The first-order valence-corrected chi connectivity index (χ1v) is 18.1. The number of hydrogen-bond donors (Lipinski definition) is 0. The molecule has 0 unspecified atom stereocenters. The topological polar surface area (TPSA) is 21.3 Å². The van der Waals surface area contributed by atoms with Gasteiger partial charge < -0.3 is 13.9 Å². The molecule has 11 aromatic rings. The van der Waals surface area contributed by atoms with Crippen molar-refractivity contribution in [3.05, 3.63) is 194 Å². The van der Waals surface area contributed by atoms with Crippen LogP contribution in [0.2, 0.25) is 0 Å². The molecule has 9 aromatic carbocycles. The third-order valence-corrected chi connectivity index (χ3v) is 10.7. The molecule has 0 saturated heterocycles. The number of fused-ring (bicyclic) bond motifs is 9. The molecule has 0 amide bonds. The van der Waals surface area contributed by atoms with E-state index in [-0.39, 0.29) is 0 Å². The lowest BCUT2D eigenvalue weighted by Crippen LogP contribution is -2.11. The summed E-state index contributed by atoms with van der Waals surface area (Å²) in [4.78, 5) is 2.41. The second kappa shape index (κ2) is 11.7. The monoisotopic (exact) mass is 676 g/mol. The van der Waals surface area contributed by atoms with Gasteiger partial charge in [-0.2, -0.15) is 0 Å². The van der Waals surface area contributed by atoms with Gasteiger partial charge in [0.15, 0.2) is 0 Å². The van der Waals surface area contributed by atoms with Crippen molar-refractivity contribution < 1.29 is 4.42 Å². The summed E-state index contributed by atoms with van der Waals surface area (Å²) >= 11 is 0. The molecule has 53 heavy (non-hydrogen) atoms. The largest absolute Gasteiger partial charge is 0.456 e.